The fourth-order valence-electron chi connectivity index (χ4n) is 4.02. The number of amides is 1. The summed E-state index contributed by atoms with van der Waals surface area (Å²) in [5.41, 5.74) is 3.22. The molecule has 198 valence electrons. The van der Waals surface area contributed by atoms with E-state index < -0.39 is 21.6 Å². The second-order valence-electron chi connectivity index (χ2n) is 9.02. The molecule has 0 unspecified atom stereocenters. The maximum atomic E-state index is 13.5. The smallest absolute Gasteiger partial charge is 0.274 e. The first-order chi connectivity index (χ1) is 18.5. The van der Waals surface area contributed by atoms with Crippen molar-refractivity contribution in [3.63, 3.8) is 0 Å². The van der Waals surface area contributed by atoms with Crippen LogP contribution in [0.25, 0.3) is 22.2 Å². The minimum Gasteiger partial charge on any atom is -0.353 e. The molecule has 2 heterocycles. The van der Waals surface area contributed by atoms with E-state index in [4.69, 9.17) is 0 Å². The lowest BCUT2D eigenvalue weighted by Gasteiger charge is -2.14. The fourth-order valence-corrected chi connectivity index (χ4v) is 4.57. The van der Waals surface area contributed by atoms with Crippen molar-refractivity contribution in [2.45, 2.75) is 12.1 Å². The molecule has 0 aliphatic rings. The van der Waals surface area contributed by atoms with Crippen LogP contribution in [0.15, 0.2) is 76.9 Å². The Kier molecular flexibility index (Phi) is 6.48. The van der Waals surface area contributed by atoms with Gasteiger partial charge in [0.2, 0.25) is 15.0 Å². The van der Waals surface area contributed by atoms with Crippen LogP contribution in [0.3, 0.4) is 0 Å². The average molecular weight is 547 g/mol. The Balaban J connectivity index is 1.48. The molecule has 0 fully saturated rings. The lowest BCUT2D eigenvalue weighted by atomic mass is 10.1. The van der Waals surface area contributed by atoms with Crippen molar-refractivity contribution in [1.29, 1.82) is 0 Å². The number of hydrogen-bond donors (Lipinski definition) is 3. The zero-order chi connectivity index (χ0) is 27.9. The van der Waals surface area contributed by atoms with E-state index in [1.807, 2.05) is 6.92 Å². The van der Waals surface area contributed by atoms with Crippen LogP contribution in [-0.2, 0) is 16.9 Å². The maximum Gasteiger partial charge on any atom is 0.274 e. The lowest BCUT2D eigenvalue weighted by molar-refractivity contribution is 0.102. The topological polar surface area (TPSA) is 139 Å². The predicted octanol–water partition coefficient (Wildman–Crippen LogP) is 4.17. The SMILES string of the molecule is Cc1ccc(NC(=O)c2[nH]c(S(C)(=O)=O)nc2-c2ccc(F)cc2)cc1Nc1cccc2c(=O)n(C)cnc12. The molecule has 12 heteroatoms. The van der Waals surface area contributed by atoms with Crippen molar-refractivity contribution in [2.24, 2.45) is 7.05 Å². The van der Waals surface area contributed by atoms with Crippen LogP contribution in [0.2, 0.25) is 0 Å². The quantitative estimate of drug-likeness (QED) is 0.291. The van der Waals surface area contributed by atoms with Gasteiger partial charge >= 0.3 is 0 Å². The number of nitrogens with zero attached hydrogens (tertiary/aromatic N) is 3. The number of benzene rings is 3. The third kappa shape index (κ3) is 5.14. The third-order valence-corrected chi connectivity index (χ3v) is 6.99. The molecule has 5 aromatic rings. The Labute approximate surface area is 222 Å². The standard InChI is InChI=1S/C27H23FN6O4S/c1-15-7-12-18(13-21(15)31-20-6-4-5-19-23(20)29-14-34(2)26(19)36)30-25(35)24-22(16-8-10-17(28)11-9-16)32-27(33-24)39(3,37)38/h4-14,31H,1-3H3,(H,30,35)(H,32,33). The van der Waals surface area contributed by atoms with Crippen LogP contribution in [0, 0.1) is 12.7 Å². The van der Waals surface area contributed by atoms with Gasteiger partial charge in [-0.05, 0) is 61.0 Å². The van der Waals surface area contributed by atoms with Crippen molar-refractivity contribution in [2.75, 3.05) is 16.9 Å². The molecule has 1 amide bonds. The van der Waals surface area contributed by atoms with Gasteiger partial charge in [0.15, 0.2) is 0 Å². The van der Waals surface area contributed by atoms with Gasteiger partial charge in [0.25, 0.3) is 11.5 Å². The zero-order valence-electron chi connectivity index (χ0n) is 21.1. The van der Waals surface area contributed by atoms with E-state index >= 15 is 0 Å². The molecule has 10 nitrogen and oxygen atoms in total. The molecule has 0 aliphatic carbocycles. The molecule has 0 spiro atoms. The van der Waals surface area contributed by atoms with Crippen LogP contribution < -0.4 is 16.2 Å². The summed E-state index contributed by atoms with van der Waals surface area (Å²) in [6, 6.07) is 15.7. The number of H-pyrrole nitrogens is 1. The van der Waals surface area contributed by atoms with Crippen molar-refractivity contribution >= 4 is 43.7 Å². The predicted molar refractivity (Wildman–Crippen MR) is 146 cm³/mol. The molecule has 3 aromatic carbocycles. The summed E-state index contributed by atoms with van der Waals surface area (Å²) in [7, 11) is -2.13. The molecular formula is C27H23FN6O4S. The average Bonchev–Trinajstić information content (AvgIpc) is 3.35. The molecule has 0 radical (unpaired) electrons. The number of hydrogen-bond acceptors (Lipinski definition) is 7. The molecule has 5 rings (SSSR count). The fraction of sp³-hybridized carbons (Fsp3) is 0.111. The normalized spacial score (nSPS) is 11.5. The first-order valence-electron chi connectivity index (χ1n) is 11.7. The molecule has 0 aliphatic heterocycles. The highest BCUT2D eigenvalue weighted by molar-refractivity contribution is 7.90. The third-order valence-electron chi connectivity index (χ3n) is 6.09. The van der Waals surface area contributed by atoms with E-state index in [0.717, 1.165) is 11.8 Å². The highest BCUT2D eigenvalue weighted by atomic mass is 32.2. The summed E-state index contributed by atoms with van der Waals surface area (Å²) in [5.74, 6) is -1.12. The van der Waals surface area contributed by atoms with Gasteiger partial charge < -0.3 is 20.2 Å². The number of anilines is 3. The molecule has 39 heavy (non-hydrogen) atoms. The van der Waals surface area contributed by atoms with E-state index in [-0.39, 0.29) is 22.1 Å². The maximum absolute atomic E-state index is 13.5. The Morgan fingerprint density at radius 3 is 2.51 bits per heavy atom. The molecule has 2 aromatic heterocycles. The second kappa shape index (κ2) is 9.80. The first kappa shape index (κ1) is 25.8. The van der Waals surface area contributed by atoms with Crippen LogP contribution >= 0.6 is 0 Å². The summed E-state index contributed by atoms with van der Waals surface area (Å²) in [6.07, 6.45) is 2.42. The van der Waals surface area contributed by atoms with Crippen LogP contribution in [0.1, 0.15) is 16.1 Å². The van der Waals surface area contributed by atoms with Crippen molar-refractivity contribution in [3.05, 3.63) is 94.4 Å². The van der Waals surface area contributed by atoms with E-state index in [1.165, 1.54) is 35.2 Å². The second-order valence-corrected chi connectivity index (χ2v) is 10.9. The lowest BCUT2D eigenvalue weighted by Crippen LogP contribution is -2.17. The van der Waals surface area contributed by atoms with Gasteiger partial charge in [-0.1, -0.05) is 12.1 Å². The first-order valence-corrected chi connectivity index (χ1v) is 13.6. The number of carbonyl (C=O) groups is 1. The highest BCUT2D eigenvalue weighted by Gasteiger charge is 2.23. The number of sulfone groups is 1. The Bertz CT molecular complexity index is 1910. The Hall–Kier alpha value is -4.84. The number of fused-ring (bicyclic) bond motifs is 1. The molecule has 0 saturated carbocycles. The van der Waals surface area contributed by atoms with Crippen molar-refractivity contribution < 1.29 is 17.6 Å². The Morgan fingerprint density at radius 2 is 1.79 bits per heavy atom. The number of halogens is 1. The van der Waals surface area contributed by atoms with Gasteiger partial charge in [-0.3, -0.25) is 9.59 Å². The number of aryl methyl sites for hydroxylation is 2. The number of para-hydroxylation sites is 1. The van der Waals surface area contributed by atoms with Gasteiger partial charge in [-0.15, -0.1) is 0 Å². The van der Waals surface area contributed by atoms with Gasteiger partial charge in [0.1, 0.15) is 22.7 Å². The number of carbonyl (C=O) groups excluding carboxylic acids is 1. The number of aromatic amines is 1. The zero-order valence-corrected chi connectivity index (χ0v) is 21.9. The van der Waals surface area contributed by atoms with E-state index in [0.29, 0.717) is 33.5 Å². The van der Waals surface area contributed by atoms with Crippen molar-refractivity contribution in [1.82, 2.24) is 19.5 Å². The number of nitrogens with one attached hydrogen (secondary N) is 3. The monoisotopic (exact) mass is 546 g/mol. The minimum absolute atomic E-state index is 0.0711. The van der Waals surface area contributed by atoms with E-state index in [9.17, 15) is 22.4 Å². The van der Waals surface area contributed by atoms with E-state index in [2.05, 4.69) is 25.6 Å². The molecule has 0 saturated heterocycles. The van der Waals surface area contributed by atoms with Gasteiger partial charge in [0.05, 0.1) is 17.4 Å². The summed E-state index contributed by atoms with van der Waals surface area (Å²) in [4.78, 5) is 36.9. The van der Waals surface area contributed by atoms with Gasteiger partial charge in [-0.25, -0.2) is 22.8 Å². The highest BCUT2D eigenvalue weighted by Crippen LogP contribution is 2.29. The van der Waals surface area contributed by atoms with E-state index in [1.54, 1.807) is 43.4 Å². The van der Waals surface area contributed by atoms with Crippen LogP contribution in [-0.4, -0.2) is 40.1 Å². The van der Waals surface area contributed by atoms with Gasteiger partial charge in [0, 0.05) is 30.2 Å². The summed E-state index contributed by atoms with van der Waals surface area (Å²) in [5, 5.41) is 6.13. The summed E-state index contributed by atoms with van der Waals surface area (Å²) in [6.45, 7) is 1.88. The molecule has 3 N–H and O–H groups in total. The number of aromatic nitrogens is 4. The van der Waals surface area contributed by atoms with Gasteiger partial charge in [-0.2, -0.15) is 0 Å². The van der Waals surface area contributed by atoms with Crippen molar-refractivity contribution in [3.8, 4) is 11.3 Å². The molecule has 0 bridgehead atoms. The minimum atomic E-state index is -3.76. The summed E-state index contributed by atoms with van der Waals surface area (Å²) >= 11 is 0. The molecule has 0 atom stereocenters. The van der Waals surface area contributed by atoms with Crippen LogP contribution in [0.5, 0.6) is 0 Å². The van der Waals surface area contributed by atoms with Crippen LogP contribution in [0.4, 0.5) is 21.5 Å². The summed E-state index contributed by atoms with van der Waals surface area (Å²) < 4.78 is 39.1. The number of imidazole rings is 1. The Morgan fingerprint density at radius 1 is 1.05 bits per heavy atom. The molecular weight excluding hydrogens is 523 g/mol. The number of rotatable bonds is 6. The largest absolute Gasteiger partial charge is 0.353 e.